The van der Waals surface area contributed by atoms with Crippen molar-refractivity contribution in [1.82, 2.24) is 20.6 Å². The molecule has 0 fully saturated rings. The van der Waals surface area contributed by atoms with Gasteiger partial charge in [-0.15, -0.1) is 0 Å². The lowest BCUT2D eigenvalue weighted by Crippen LogP contribution is -2.41. The molecule has 0 aliphatic carbocycles. The molecule has 2 amide bonds. The summed E-state index contributed by atoms with van der Waals surface area (Å²) in [7, 11) is 0. The first-order valence-electron chi connectivity index (χ1n) is 9.95. The molecule has 3 aromatic carbocycles. The Morgan fingerprint density at radius 1 is 0.774 bits per heavy atom. The van der Waals surface area contributed by atoms with Crippen molar-refractivity contribution in [3.63, 3.8) is 0 Å². The molecule has 0 aliphatic heterocycles. The van der Waals surface area contributed by atoms with Gasteiger partial charge in [0.25, 0.3) is 11.8 Å². The fourth-order valence-corrected chi connectivity index (χ4v) is 3.32. The van der Waals surface area contributed by atoms with E-state index in [0.29, 0.717) is 23.4 Å². The average molecular weight is 410 g/mol. The van der Waals surface area contributed by atoms with Crippen molar-refractivity contribution >= 4 is 11.8 Å². The molecule has 0 saturated carbocycles. The summed E-state index contributed by atoms with van der Waals surface area (Å²) < 4.78 is 1.73. The van der Waals surface area contributed by atoms with E-state index in [1.807, 2.05) is 79.7 Å². The molecule has 2 N–H and O–H groups in total. The lowest BCUT2D eigenvalue weighted by molar-refractivity contribution is 0.0846. The zero-order valence-electron chi connectivity index (χ0n) is 17.1. The van der Waals surface area contributed by atoms with Crippen molar-refractivity contribution in [3.05, 3.63) is 113 Å². The second-order valence-corrected chi connectivity index (χ2v) is 7.16. The highest BCUT2D eigenvalue weighted by Crippen LogP contribution is 2.22. The normalized spacial score (nSPS) is 10.5. The summed E-state index contributed by atoms with van der Waals surface area (Å²) in [5.74, 6) is -0.801. The van der Waals surface area contributed by atoms with Gasteiger partial charge in [-0.2, -0.15) is 5.10 Å². The van der Waals surface area contributed by atoms with Crippen molar-refractivity contribution in [3.8, 4) is 11.3 Å². The topological polar surface area (TPSA) is 76.0 Å². The summed E-state index contributed by atoms with van der Waals surface area (Å²) in [6, 6.07) is 26.6. The largest absolute Gasteiger partial charge is 0.273 e. The monoisotopic (exact) mass is 410 g/mol. The summed E-state index contributed by atoms with van der Waals surface area (Å²) >= 11 is 0. The van der Waals surface area contributed by atoms with Crippen LogP contribution in [0.4, 0.5) is 0 Å². The third-order valence-corrected chi connectivity index (χ3v) is 4.92. The number of aryl methyl sites for hydroxylation is 1. The Kier molecular flexibility index (Phi) is 5.89. The van der Waals surface area contributed by atoms with Crippen LogP contribution in [0.1, 0.15) is 31.8 Å². The van der Waals surface area contributed by atoms with Crippen LogP contribution in [0.3, 0.4) is 0 Å². The van der Waals surface area contributed by atoms with E-state index in [9.17, 15) is 9.59 Å². The van der Waals surface area contributed by atoms with Crippen LogP contribution in [0.5, 0.6) is 0 Å². The molecular weight excluding hydrogens is 388 g/mol. The second-order valence-electron chi connectivity index (χ2n) is 7.16. The quantitative estimate of drug-likeness (QED) is 0.489. The summed E-state index contributed by atoms with van der Waals surface area (Å²) in [6.45, 7) is 2.38. The summed E-state index contributed by atoms with van der Waals surface area (Å²) in [5.41, 5.74) is 9.19. The standard InChI is InChI=1S/C25H22N4O2/c1-18-10-8-9-15-21(18)24(30)26-27-25(31)22-17-29(16-19-11-4-2-5-12-19)28-23(22)20-13-6-3-7-14-20/h2-15,17H,16H2,1H3,(H,26,30)(H,27,31). The van der Waals surface area contributed by atoms with Crippen LogP contribution in [0.25, 0.3) is 11.3 Å². The molecule has 0 saturated heterocycles. The van der Waals surface area contributed by atoms with Gasteiger partial charge in [0.2, 0.25) is 0 Å². The number of hydrazine groups is 1. The number of hydrogen-bond acceptors (Lipinski definition) is 3. The molecular formula is C25H22N4O2. The van der Waals surface area contributed by atoms with Crippen LogP contribution in [0.15, 0.2) is 91.1 Å². The van der Waals surface area contributed by atoms with E-state index in [-0.39, 0.29) is 5.91 Å². The number of benzene rings is 3. The van der Waals surface area contributed by atoms with E-state index in [0.717, 1.165) is 16.7 Å². The highest BCUT2D eigenvalue weighted by molar-refractivity contribution is 6.02. The third kappa shape index (κ3) is 4.70. The zero-order valence-corrected chi connectivity index (χ0v) is 17.1. The third-order valence-electron chi connectivity index (χ3n) is 4.92. The zero-order chi connectivity index (χ0) is 21.6. The maximum atomic E-state index is 12.9. The average Bonchev–Trinajstić information content (AvgIpc) is 3.22. The van der Waals surface area contributed by atoms with E-state index >= 15 is 0 Å². The number of rotatable bonds is 5. The highest BCUT2D eigenvalue weighted by Gasteiger charge is 2.19. The van der Waals surface area contributed by atoms with Gasteiger partial charge in [-0.1, -0.05) is 78.9 Å². The van der Waals surface area contributed by atoms with Crippen LogP contribution in [-0.2, 0) is 6.54 Å². The minimum atomic E-state index is -0.430. The van der Waals surface area contributed by atoms with E-state index in [2.05, 4.69) is 16.0 Å². The Labute approximate surface area is 180 Å². The smallest absolute Gasteiger partial charge is 0.267 e. The first-order valence-corrected chi connectivity index (χ1v) is 9.95. The van der Waals surface area contributed by atoms with E-state index in [1.165, 1.54) is 0 Å². The van der Waals surface area contributed by atoms with Crippen LogP contribution in [0, 0.1) is 6.92 Å². The lowest BCUT2D eigenvalue weighted by Gasteiger charge is -2.09. The van der Waals surface area contributed by atoms with Gasteiger partial charge in [0.1, 0.15) is 5.69 Å². The van der Waals surface area contributed by atoms with Crippen molar-refractivity contribution in [2.75, 3.05) is 0 Å². The van der Waals surface area contributed by atoms with Crippen LogP contribution in [-0.4, -0.2) is 21.6 Å². The predicted octanol–water partition coefficient (Wildman–Crippen LogP) is 3.98. The summed E-state index contributed by atoms with van der Waals surface area (Å²) in [5, 5.41) is 4.64. The minimum absolute atomic E-state index is 0.371. The molecule has 0 spiro atoms. The SMILES string of the molecule is Cc1ccccc1C(=O)NNC(=O)c1cn(Cc2ccccc2)nc1-c1ccccc1. The molecule has 31 heavy (non-hydrogen) atoms. The van der Waals surface area contributed by atoms with E-state index < -0.39 is 5.91 Å². The minimum Gasteiger partial charge on any atom is -0.267 e. The number of aromatic nitrogens is 2. The molecule has 0 bridgehead atoms. The fourth-order valence-electron chi connectivity index (χ4n) is 3.32. The molecule has 1 heterocycles. The van der Waals surface area contributed by atoms with Gasteiger partial charge < -0.3 is 0 Å². The number of amides is 2. The van der Waals surface area contributed by atoms with Gasteiger partial charge in [0.15, 0.2) is 0 Å². The lowest BCUT2D eigenvalue weighted by atomic mass is 10.1. The maximum Gasteiger partial charge on any atom is 0.273 e. The van der Waals surface area contributed by atoms with Gasteiger partial charge in [-0.05, 0) is 24.1 Å². The van der Waals surface area contributed by atoms with Crippen molar-refractivity contribution in [2.24, 2.45) is 0 Å². The molecule has 4 aromatic rings. The number of nitrogens with zero attached hydrogens (tertiary/aromatic N) is 2. The van der Waals surface area contributed by atoms with E-state index in [4.69, 9.17) is 0 Å². The maximum absolute atomic E-state index is 12.9. The highest BCUT2D eigenvalue weighted by atomic mass is 16.2. The van der Waals surface area contributed by atoms with Gasteiger partial charge >= 0.3 is 0 Å². The molecule has 0 radical (unpaired) electrons. The van der Waals surface area contributed by atoms with Gasteiger partial charge in [-0.25, -0.2) is 0 Å². The van der Waals surface area contributed by atoms with Gasteiger partial charge in [0, 0.05) is 17.3 Å². The van der Waals surface area contributed by atoms with Crippen molar-refractivity contribution < 1.29 is 9.59 Å². The van der Waals surface area contributed by atoms with Gasteiger partial charge in [0.05, 0.1) is 12.1 Å². The summed E-state index contributed by atoms with van der Waals surface area (Å²) in [6.07, 6.45) is 1.70. The van der Waals surface area contributed by atoms with E-state index in [1.54, 1.807) is 23.0 Å². The predicted molar refractivity (Wildman–Crippen MR) is 119 cm³/mol. The Morgan fingerprint density at radius 2 is 1.35 bits per heavy atom. The summed E-state index contributed by atoms with van der Waals surface area (Å²) in [4.78, 5) is 25.4. The molecule has 6 heteroatoms. The molecule has 0 atom stereocenters. The Hall–Kier alpha value is -4.19. The number of carbonyl (C=O) groups excluding carboxylic acids is 2. The van der Waals surface area contributed by atoms with Crippen molar-refractivity contribution in [1.29, 1.82) is 0 Å². The van der Waals surface area contributed by atoms with Crippen molar-refractivity contribution in [2.45, 2.75) is 13.5 Å². The Balaban J connectivity index is 1.57. The molecule has 1 aromatic heterocycles. The number of nitrogens with one attached hydrogen (secondary N) is 2. The second kappa shape index (κ2) is 9.09. The molecule has 6 nitrogen and oxygen atoms in total. The Bertz CT molecular complexity index is 1200. The first-order chi connectivity index (χ1) is 15.1. The fraction of sp³-hybridized carbons (Fsp3) is 0.0800. The van der Waals surface area contributed by atoms with Crippen LogP contribution in [0.2, 0.25) is 0 Å². The molecule has 0 aliphatic rings. The Morgan fingerprint density at radius 3 is 2.03 bits per heavy atom. The van der Waals surface area contributed by atoms with Crippen LogP contribution >= 0.6 is 0 Å². The van der Waals surface area contributed by atoms with Gasteiger partial charge in [-0.3, -0.25) is 25.1 Å². The van der Waals surface area contributed by atoms with Crippen LogP contribution < -0.4 is 10.9 Å². The first kappa shape index (κ1) is 20.1. The molecule has 4 rings (SSSR count). The number of carbonyl (C=O) groups is 2. The number of hydrogen-bond donors (Lipinski definition) is 2. The molecule has 0 unspecified atom stereocenters. The molecule has 154 valence electrons.